The van der Waals surface area contributed by atoms with Crippen molar-refractivity contribution in [3.05, 3.63) is 30.5 Å². The van der Waals surface area contributed by atoms with Crippen LogP contribution in [0.1, 0.15) is 6.92 Å². The molecule has 0 radical (unpaired) electrons. The van der Waals surface area contributed by atoms with Gasteiger partial charge in [-0.3, -0.25) is 4.98 Å². The molecule has 100 valence electrons. The third-order valence-electron chi connectivity index (χ3n) is 3.47. The van der Waals surface area contributed by atoms with Gasteiger partial charge >= 0.3 is 0 Å². The molecule has 19 heavy (non-hydrogen) atoms. The zero-order valence-electron chi connectivity index (χ0n) is 11.2. The van der Waals surface area contributed by atoms with E-state index in [1.165, 1.54) is 11.1 Å². The van der Waals surface area contributed by atoms with Crippen molar-refractivity contribution in [1.82, 2.24) is 4.98 Å². The number of benzene rings is 1. The maximum atomic E-state index is 5.40. The molecule has 2 heterocycles. The van der Waals surface area contributed by atoms with Crippen LogP contribution in [-0.4, -0.2) is 37.8 Å². The first-order chi connectivity index (χ1) is 9.38. The van der Waals surface area contributed by atoms with Gasteiger partial charge in [0.1, 0.15) is 0 Å². The van der Waals surface area contributed by atoms with Gasteiger partial charge in [-0.2, -0.15) is 0 Å². The summed E-state index contributed by atoms with van der Waals surface area (Å²) >= 11 is 0. The molecular weight excluding hydrogens is 238 g/mol. The highest BCUT2D eigenvalue weighted by atomic mass is 16.5. The lowest BCUT2D eigenvalue weighted by molar-refractivity contribution is 0.122. The molecule has 3 rings (SSSR count). The standard InChI is InChI=1S/C15H19N3O/c1-2-16-15-5-6-17-14-4-3-12(11-13(14)15)18-7-9-19-10-8-18/h3-6,11H,2,7-10H2,1H3,(H,16,17). The molecule has 1 aromatic heterocycles. The van der Waals surface area contributed by atoms with Crippen molar-refractivity contribution in [3.8, 4) is 0 Å². The minimum atomic E-state index is 0.811. The van der Waals surface area contributed by atoms with Crippen molar-refractivity contribution < 1.29 is 4.74 Å². The van der Waals surface area contributed by atoms with E-state index < -0.39 is 0 Å². The molecule has 0 unspecified atom stereocenters. The number of anilines is 2. The summed E-state index contributed by atoms with van der Waals surface area (Å²) in [6, 6.07) is 8.51. The van der Waals surface area contributed by atoms with E-state index in [4.69, 9.17) is 4.74 Å². The van der Waals surface area contributed by atoms with Gasteiger partial charge in [-0.05, 0) is 31.2 Å². The van der Waals surface area contributed by atoms with Crippen LogP contribution < -0.4 is 10.2 Å². The third kappa shape index (κ3) is 2.49. The Balaban J connectivity index is 2.00. The van der Waals surface area contributed by atoms with Gasteiger partial charge in [-0.1, -0.05) is 0 Å². The van der Waals surface area contributed by atoms with E-state index in [2.05, 4.69) is 40.3 Å². The Bertz CT molecular complexity index is 564. The Hall–Kier alpha value is -1.81. The lowest BCUT2D eigenvalue weighted by atomic mass is 10.1. The fourth-order valence-electron chi connectivity index (χ4n) is 2.50. The summed E-state index contributed by atoms with van der Waals surface area (Å²) in [5.41, 5.74) is 3.45. The number of nitrogens with one attached hydrogen (secondary N) is 1. The minimum Gasteiger partial charge on any atom is -0.385 e. The van der Waals surface area contributed by atoms with E-state index in [9.17, 15) is 0 Å². The number of ether oxygens (including phenoxy) is 1. The van der Waals surface area contributed by atoms with Gasteiger partial charge in [0.2, 0.25) is 0 Å². The maximum absolute atomic E-state index is 5.40. The number of hydrogen-bond acceptors (Lipinski definition) is 4. The molecule has 0 bridgehead atoms. The molecule has 1 aliphatic rings. The summed E-state index contributed by atoms with van der Waals surface area (Å²) in [6.45, 7) is 6.57. The SMILES string of the molecule is CCNc1ccnc2ccc(N3CCOCC3)cc12. The Morgan fingerprint density at radius 1 is 1.26 bits per heavy atom. The van der Waals surface area contributed by atoms with Crippen LogP contribution in [-0.2, 0) is 4.74 Å². The molecule has 1 saturated heterocycles. The maximum Gasteiger partial charge on any atom is 0.0724 e. The lowest BCUT2D eigenvalue weighted by Crippen LogP contribution is -2.36. The van der Waals surface area contributed by atoms with Crippen LogP contribution in [0, 0.1) is 0 Å². The van der Waals surface area contributed by atoms with E-state index in [1.54, 1.807) is 0 Å². The van der Waals surface area contributed by atoms with Crippen molar-refractivity contribution in [2.24, 2.45) is 0 Å². The van der Waals surface area contributed by atoms with Gasteiger partial charge in [-0.25, -0.2) is 0 Å². The first-order valence-electron chi connectivity index (χ1n) is 6.84. The molecule has 1 fully saturated rings. The average molecular weight is 257 g/mol. The number of hydrogen-bond donors (Lipinski definition) is 1. The second kappa shape index (κ2) is 5.45. The molecule has 0 saturated carbocycles. The predicted molar refractivity (Wildman–Crippen MR) is 78.9 cm³/mol. The Kier molecular flexibility index (Phi) is 3.51. The molecule has 4 heteroatoms. The van der Waals surface area contributed by atoms with Crippen molar-refractivity contribution in [3.63, 3.8) is 0 Å². The van der Waals surface area contributed by atoms with Crippen LogP contribution in [0.15, 0.2) is 30.5 Å². The van der Waals surface area contributed by atoms with Crippen molar-refractivity contribution >= 4 is 22.3 Å². The predicted octanol–water partition coefficient (Wildman–Crippen LogP) is 2.50. The van der Waals surface area contributed by atoms with E-state index in [1.807, 2.05) is 12.3 Å². The molecule has 0 atom stereocenters. The van der Waals surface area contributed by atoms with Crippen molar-refractivity contribution in [2.75, 3.05) is 43.1 Å². The fraction of sp³-hybridized carbons (Fsp3) is 0.400. The van der Waals surface area contributed by atoms with Gasteiger partial charge in [-0.15, -0.1) is 0 Å². The Labute approximate surface area is 113 Å². The largest absolute Gasteiger partial charge is 0.385 e. The molecule has 0 amide bonds. The number of nitrogens with zero attached hydrogens (tertiary/aromatic N) is 2. The zero-order chi connectivity index (χ0) is 13.1. The summed E-state index contributed by atoms with van der Waals surface area (Å²) in [5.74, 6) is 0. The molecule has 0 spiro atoms. The number of aromatic nitrogens is 1. The highest BCUT2D eigenvalue weighted by molar-refractivity contribution is 5.93. The summed E-state index contributed by atoms with van der Waals surface area (Å²) in [5, 5.41) is 4.59. The topological polar surface area (TPSA) is 37.4 Å². The summed E-state index contributed by atoms with van der Waals surface area (Å²) in [7, 11) is 0. The van der Waals surface area contributed by atoms with Crippen molar-refractivity contribution in [2.45, 2.75) is 6.92 Å². The molecule has 1 aromatic carbocycles. The second-order valence-electron chi connectivity index (χ2n) is 4.69. The Morgan fingerprint density at radius 3 is 2.89 bits per heavy atom. The number of pyridine rings is 1. The van der Waals surface area contributed by atoms with E-state index in [0.29, 0.717) is 0 Å². The molecule has 2 aromatic rings. The Morgan fingerprint density at radius 2 is 2.11 bits per heavy atom. The van der Waals surface area contributed by atoms with Gasteiger partial charge in [0.25, 0.3) is 0 Å². The van der Waals surface area contributed by atoms with Crippen LogP contribution >= 0.6 is 0 Å². The van der Waals surface area contributed by atoms with Gasteiger partial charge in [0.05, 0.1) is 18.7 Å². The van der Waals surface area contributed by atoms with Crippen LogP contribution in [0.4, 0.5) is 11.4 Å². The smallest absolute Gasteiger partial charge is 0.0724 e. The number of morpholine rings is 1. The minimum absolute atomic E-state index is 0.811. The summed E-state index contributed by atoms with van der Waals surface area (Å²) in [6.07, 6.45) is 1.86. The molecule has 4 nitrogen and oxygen atoms in total. The van der Waals surface area contributed by atoms with Crippen LogP contribution in [0.5, 0.6) is 0 Å². The van der Waals surface area contributed by atoms with Crippen molar-refractivity contribution in [1.29, 1.82) is 0 Å². The second-order valence-corrected chi connectivity index (χ2v) is 4.69. The highest BCUT2D eigenvalue weighted by Crippen LogP contribution is 2.27. The van der Waals surface area contributed by atoms with Gasteiger partial charge < -0.3 is 15.0 Å². The lowest BCUT2D eigenvalue weighted by Gasteiger charge is -2.29. The van der Waals surface area contributed by atoms with Crippen LogP contribution in [0.2, 0.25) is 0 Å². The highest BCUT2D eigenvalue weighted by Gasteiger charge is 2.12. The molecule has 1 aliphatic heterocycles. The molecule has 0 aliphatic carbocycles. The third-order valence-corrected chi connectivity index (χ3v) is 3.47. The van der Waals surface area contributed by atoms with Gasteiger partial charge in [0, 0.05) is 42.6 Å². The normalized spacial score (nSPS) is 15.7. The quantitative estimate of drug-likeness (QED) is 0.916. The summed E-state index contributed by atoms with van der Waals surface area (Å²) in [4.78, 5) is 6.79. The zero-order valence-corrected chi connectivity index (χ0v) is 11.2. The van der Waals surface area contributed by atoms with Crippen LogP contribution in [0.3, 0.4) is 0 Å². The number of fused-ring (bicyclic) bond motifs is 1. The van der Waals surface area contributed by atoms with Crippen LogP contribution in [0.25, 0.3) is 10.9 Å². The van der Waals surface area contributed by atoms with Gasteiger partial charge in [0.15, 0.2) is 0 Å². The number of rotatable bonds is 3. The molecule has 1 N–H and O–H groups in total. The average Bonchev–Trinajstić information content (AvgIpc) is 2.48. The molecular formula is C15H19N3O. The van der Waals surface area contributed by atoms with E-state index >= 15 is 0 Å². The first kappa shape index (κ1) is 12.2. The first-order valence-corrected chi connectivity index (χ1v) is 6.84. The fourth-order valence-corrected chi connectivity index (χ4v) is 2.50. The van der Waals surface area contributed by atoms with E-state index in [-0.39, 0.29) is 0 Å². The van der Waals surface area contributed by atoms with E-state index in [0.717, 1.165) is 44.1 Å². The summed E-state index contributed by atoms with van der Waals surface area (Å²) < 4.78 is 5.40. The monoisotopic (exact) mass is 257 g/mol.